The van der Waals surface area contributed by atoms with Crippen molar-refractivity contribution in [3.05, 3.63) is 35.4 Å². The van der Waals surface area contributed by atoms with Gasteiger partial charge in [0, 0.05) is 0 Å². The lowest BCUT2D eigenvalue weighted by atomic mass is 9.99. The Labute approximate surface area is 138 Å². The highest BCUT2D eigenvalue weighted by Crippen LogP contribution is 2.34. The SMILES string of the molecule is O=C(CN1C(=O)CNC1=O)N[C@H](C(=O)O)c1ccccc1C(F)(F)F. The smallest absolute Gasteiger partial charge is 0.416 e. The predicted octanol–water partition coefficient (Wildman–Crippen LogP) is 0.499. The quantitative estimate of drug-likeness (QED) is 0.662. The number of imide groups is 1. The number of aliphatic carboxylic acids is 1. The minimum atomic E-state index is -4.82. The Morgan fingerprint density at radius 3 is 2.44 bits per heavy atom. The molecule has 134 valence electrons. The molecule has 1 atom stereocenters. The molecule has 0 aromatic heterocycles. The van der Waals surface area contributed by atoms with Gasteiger partial charge in [-0.25, -0.2) is 9.59 Å². The van der Waals surface area contributed by atoms with E-state index in [1.54, 1.807) is 0 Å². The van der Waals surface area contributed by atoms with Crippen molar-refractivity contribution in [2.75, 3.05) is 13.1 Å². The van der Waals surface area contributed by atoms with Crippen LogP contribution in [0.4, 0.5) is 18.0 Å². The van der Waals surface area contributed by atoms with Crippen LogP contribution in [0.2, 0.25) is 0 Å². The molecule has 0 unspecified atom stereocenters. The Bertz CT molecular complexity index is 719. The number of hydrogen-bond donors (Lipinski definition) is 3. The summed E-state index contributed by atoms with van der Waals surface area (Å²) in [7, 11) is 0. The number of carbonyl (C=O) groups is 4. The molecular formula is C14H12F3N3O5. The number of nitrogens with zero attached hydrogens (tertiary/aromatic N) is 1. The highest BCUT2D eigenvalue weighted by atomic mass is 19.4. The van der Waals surface area contributed by atoms with Gasteiger partial charge in [0.2, 0.25) is 5.91 Å². The summed E-state index contributed by atoms with van der Waals surface area (Å²) in [5, 5.41) is 13.2. The summed E-state index contributed by atoms with van der Waals surface area (Å²) in [5.74, 6) is -3.51. The second-order valence-electron chi connectivity index (χ2n) is 5.06. The van der Waals surface area contributed by atoms with Gasteiger partial charge < -0.3 is 15.7 Å². The molecule has 0 radical (unpaired) electrons. The van der Waals surface area contributed by atoms with Gasteiger partial charge in [-0.1, -0.05) is 18.2 Å². The van der Waals surface area contributed by atoms with Gasteiger partial charge in [-0.2, -0.15) is 13.2 Å². The summed E-state index contributed by atoms with van der Waals surface area (Å²) < 4.78 is 39.1. The zero-order valence-corrected chi connectivity index (χ0v) is 12.5. The second-order valence-corrected chi connectivity index (χ2v) is 5.06. The maximum absolute atomic E-state index is 13.0. The molecule has 1 aromatic carbocycles. The van der Waals surface area contributed by atoms with Crippen LogP contribution in [0.25, 0.3) is 0 Å². The lowest BCUT2D eigenvalue weighted by Gasteiger charge is -2.20. The van der Waals surface area contributed by atoms with Gasteiger partial charge in [-0.05, 0) is 11.6 Å². The van der Waals surface area contributed by atoms with Crippen molar-refractivity contribution in [2.24, 2.45) is 0 Å². The summed E-state index contributed by atoms with van der Waals surface area (Å²) in [6.07, 6.45) is -4.82. The second kappa shape index (κ2) is 6.79. The van der Waals surface area contributed by atoms with E-state index in [4.69, 9.17) is 0 Å². The number of amides is 4. The molecule has 0 spiro atoms. The number of hydrogen-bond acceptors (Lipinski definition) is 4. The topological polar surface area (TPSA) is 116 Å². The number of benzene rings is 1. The van der Waals surface area contributed by atoms with E-state index in [2.05, 4.69) is 5.32 Å². The van der Waals surface area contributed by atoms with Gasteiger partial charge in [-0.15, -0.1) is 0 Å². The summed E-state index contributed by atoms with van der Waals surface area (Å²) in [4.78, 5) is 46.5. The van der Waals surface area contributed by atoms with Gasteiger partial charge >= 0.3 is 18.2 Å². The van der Waals surface area contributed by atoms with Gasteiger partial charge in [0.25, 0.3) is 5.91 Å². The van der Waals surface area contributed by atoms with Gasteiger partial charge in [0.1, 0.15) is 6.54 Å². The normalized spacial score (nSPS) is 15.7. The molecule has 0 bridgehead atoms. The van der Waals surface area contributed by atoms with Crippen molar-refractivity contribution in [1.29, 1.82) is 0 Å². The van der Waals surface area contributed by atoms with E-state index >= 15 is 0 Å². The van der Waals surface area contributed by atoms with E-state index < -0.39 is 53.7 Å². The molecule has 1 saturated heterocycles. The highest BCUT2D eigenvalue weighted by molar-refractivity contribution is 6.04. The van der Waals surface area contributed by atoms with Crippen LogP contribution >= 0.6 is 0 Å². The number of halogens is 3. The molecule has 25 heavy (non-hydrogen) atoms. The number of nitrogens with one attached hydrogen (secondary N) is 2. The third kappa shape index (κ3) is 4.05. The zero-order chi connectivity index (χ0) is 18.8. The molecule has 1 fully saturated rings. The van der Waals surface area contributed by atoms with E-state index in [0.717, 1.165) is 12.1 Å². The van der Waals surface area contributed by atoms with E-state index in [1.165, 1.54) is 6.07 Å². The van der Waals surface area contributed by atoms with Crippen LogP contribution in [0.15, 0.2) is 24.3 Å². The van der Waals surface area contributed by atoms with Crippen LogP contribution in [-0.2, 0) is 20.6 Å². The fourth-order valence-corrected chi connectivity index (χ4v) is 2.24. The Hall–Kier alpha value is -3.11. The highest BCUT2D eigenvalue weighted by Gasteiger charge is 2.38. The Kier molecular flexibility index (Phi) is 4.95. The minimum absolute atomic E-state index is 0.314. The van der Waals surface area contributed by atoms with Crippen molar-refractivity contribution >= 4 is 23.8 Å². The third-order valence-electron chi connectivity index (χ3n) is 3.37. The molecule has 11 heteroatoms. The molecule has 0 aliphatic carbocycles. The Morgan fingerprint density at radius 1 is 1.28 bits per heavy atom. The van der Waals surface area contributed by atoms with Gasteiger partial charge in [0.15, 0.2) is 6.04 Å². The molecule has 8 nitrogen and oxygen atoms in total. The molecule has 1 heterocycles. The summed E-state index contributed by atoms with van der Waals surface area (Å²) >= 11 is 0. The standard InChI is InChI=1S/C14H12F3N3O5/c15-14(16,17)8-4-2-1-3-7(8)11(12(23)24)19-9(21)6-20-10(22)5-18-13(20)25/h1-4,11H,5-6H2,(H,18,25)(H,19,21)(H,23,24)/t11-/m0/s1. The average Bonchev–Trinajstić information content (AvgIpc) is 2.83. The van der Waals surface area contributed by atoms with Gasteiger partial charge in [-0.3, -0.25) is 14.5 Å². The largest absolute Gasteiger partial charge is 0.479 e. The van der Waals surface area contributed by atoms with Crippen LogP contribution in [0.1, 0.15) is 17.2 Å². The molecule has 3 N–H and O–H groups in total. The minimum Gasteiger partial charge on any atom is -0.479 e. The Morgan fingerprint density at radius 2 is 1.92 bits per heavy atom. The molecular weight excluding hydrogens is 347 g/mol. The van der Waals surface area contributed by atoms with E-state index in [0.29, 0.717) is 11.0 Å². The molecule has 1 aliphatic rings. The average molecular weight is 359 g/mol. The van der Waals surface area contributed by atoms with Crippen LogP contribution < -0.4 is 10.6 Å². The maximum Gasteiger partial charge on any atom is 0.416 e. The van der Waals surface area contributed by atoms with Crippen molar-refractivity contribution < 1.29 is 37.5 Å². The van der Waals surface area contributed by atoms with Crippen molar-refractivity contribution in [1.82, 2.24) is 15.5 Å². The first-order chi connectivity index (χ1) is 11.6. The van der Waals surface area contributed by atoms with Crippen LogP contribution in [0.5, 0.6) is 0 Å². The lowest BCUT2D eigenvalue weighted by Crippen LogP contribution is -2.44. The first-order valence-electron chi connectivity index (χ1n) is 6.87. The van der Waals surface area contributed by atoms with Crippen LogP contribution in [-0.4, -0.2) is 46.9 Å². The summed E-state index contributed by atoms with van der Waals surface area (Å²) in [6, 6.07) is 1.06. The molecule has 4 amide bonds. The number of carbonyl (C=O) groups excluding carboxylic acids is 3. The molecule has 1 aromatic rings. The number of carboxylic acids is 1. The fraction of sp³-hybridized carbons (Fsp3) is 0.286. The maximum atomic E-state index is 13.0. The van der Waals surface area contributed by atoms with Crippen molar-refractivity contribution in [3.8, 4) is 0 Å². The predicted molar refractivity (Wildman–Crippen MR) is 75.1 cm³/mol. The fourth-order valence-electron chi connectivity index (χ4n) is 2.24. The zero-order valence-electron chi connectivity index (χ0n) is 12.5. The first-order valence-corrected chi connectivity index (χ1v) is 6.87. The summed E-state index contributed by atoms with van der Waals surface area (Å²) in [6.45, 7) is -1.12. The van der Waals surface area contributed by atoms with E-state index in [9.17, 15) is 37.5 Å². The van der Waals surface area contributed by atoms with Gasteiger partial charge in [0.05, 0.1) is 12.1 Å². The molecule has 1 aliphatic heterocycles. The first kappa shape index (κ1) is 18.2. The number of urea groups is 1. The molecule has 2 rings (SSSR count). The Balaban J connectivity index is 2.23. The van der Waals surface area contributed by atoms with Crippen molar-refractivity contribution in [3.63, 3.8) is 0 Å². The van der Waals surface area contributed by atoms with E-state index in [-0.39, 0.29) is 6.54 Å². The van der Waals surface area contributed by atoms with Crippen LogP contribution in [0.3, 0.4) is 0 Å². The number of carboxylic acid groups (broad SMARTS) is 1. The van der Waals surface area contributed by atoms with Crippen molar-refractivity contribution in [2.45, 2.75) is 12.2 Å². The number of alkyl halides is 3. The van der Waals surface area contributed by atoms with E-state index in [1.807, 2.05) is 5.32 Å². The number of rotatable bonds is 5. The third-order valence-corrected chi connectivity index (χ3v) is 3.37. The van der Waals surface area contributed by atoms with Crippen LogP contribution in [0, 0.1) is 0 Å². The monoisotopic (exact) mass is 359 g/mol. The lowest BCUT2D eigenvalue weighted by molar-refractivity contribution is -0.144. The molecule has 0 saturated carbocycles. The summed E-state index contributed by atoms with van der Waals surface area (Å²) in [5.41, 5.74) is -1.87.